The highest BCUT2D eigenvalue weighted by Gasteiger charge is 2.06. The van der Waals surface area contributed by atoms with Crippen LogP contribution in [0.25, 0.3) is 0 Å². The van der Waals surface area contributed by atoms with Crippen molar-refractivity contribution >= 4 is 5.91 Å². The number of aryl methyl sites for hydroxylation is 1. The third kappa shape index (κ3) is 6.31. The highest BCUT2D eigenvalue weighted by Crippen LogP contribution is 2.06. The minimum Gasteiger partial charge on any atom is -0.349 e. The predicted octanol–water partition coefficient (Wildman–Crippen LogP) is 0.702. The van der Waals surface area contributed by atoms with E-state index in [2.05, 4.69) is 22.5 Å². The number of hydrogen-bond donors (Lipinski definition) is 3. The highest BCUT2D eigenvalue weighted by atomic mass is 16.1. The Morgan fingerprint density at radius 3 is 2.95 bits per heavy atom. The average Bonchev–Trinajstić information content (AvgIpc) is 2.45. The van der Waals surface area contributed by atoms with E-state index >= 15 is 0 Å². The molecule has 1 aromatic rings. The van der Waals surface area contributed by atoms with E-state index in [9.17, 15) is 4.79 Å². The molecule has 0 saturated carbocycles. The molecular weight excluding hydrogens is 240 g/mol. The van der Waals surface area contributed by atoms with E-state index in [1.807, 2.05) is 12.1 Å². The maximum Gasteiger partial charge on any atom is 0.269 e. The predicted molar refractivity (Wildman–Crippen MR) is 77.1 cm³/mol. The van der Waals surface area contributed by atoms with Gasteiger partial charge in [-0.15, -0.1) is 0 Å². The van der Waals surface area contributed by atoms with E-state index < -0.39 is 0 Å². The number of unbranched alkanes of at least 4 members (excludes halogenated alkanes) is 1. The molecule has 5 nitrogen and oxygen atoms in total. The maximum absolute atomic E-state index is 11.9. The van der Waals surface area contributed by atoms with Gasteiger partial charge < -0.3 is 16.4 Å². The average molecular weight is 264 g/mol. The second kappa shape index (κ2) is 9.47. The molecule has 0 spiro atoms. The first-order chi connectivity index (χ1) is 9.27. The molecule has 0 aliphatic rings. The molecule has 0 aliphatic carbocycles. The molecule has 0 radical (unpaired) electrons. The maximum atomic E-state index is 11.9. The smallest absolute Gasteiger partial charge is 0.269 e. The van der Waals surface area contributed by atoms with Crippen LogP contribution in [0.15, 0.2) is 18.3 Å². The lowest BCUT2D eigenvalue weighted by molar-refractivity contribution is 0.0949. The van der Waals surface area contributed by atoms with Crippen LogP contribution >= 0.6 is 0 Å². The molecule has 0 bridgehead atoms. The van der Waals surface area contributed by atoms with Gasteiger partial charge in [-0.1, -0.05) is 13.3 Å². The van der Waals surface area contributed by atoms with Crippen LogP contribution in [0, 0.1) is 0 Å². The summed E-state index contributed by atoms with van der Waals surface area (Å²) in [6.45, 7) is 4.83. The first-order valence-corrected chi connectivity index (χ1v) is 6.91. The number of carbonyl (C=O) groups excluding carboxylic acids is 1. The van der Waals surface area contributed by atoms with Crippen molar-refractivity contribution in [3.8, 4) is 0 Å². The minimum atomic E-state index is -0.118. The summed E-state index contributed by atoms with van der Waals surface area (Å²) >= 11 is 0. The Balaban J connectivity index is 2.38. The second-order valence-electron chi connectivity index (χ2n) is 4.45. The minimum absolute atomic E-state index is 0.118. The normalized spacial score (nSPS) is 10.4. The van der Waals surface area contributed by atoms with Crippen molar-refractivity contribution < 1.29 is 4.79 Å². The van der Waals surface area contributed by atoms with Crippen molar-refractivity contribution in [3.05, 3.63) is 29.6 Å². The molecule has 0 fully saturated rings. The number of amides is 1. The third-order valence-electron chi connectivity index (χ3n) is 2.78. The fourth-order valence-electron chi connectivity index (χ4n) is 1.72. The SMILES string of the molecule is CCCCc1ccnc(C(=O)NCCNCCN)c1. The van der Waals surface area contributed by atoms with Gasteiger partial charge in [-0.25, -0.2) is 0 Å². The van der Waals surface area contributed by atoms with Gasteiger partial charge in [-0.05, 0) is 30.5 Å². The highest BCUT2D eigenvalue weighted by molar-refractivity contribution is 5.92. The van der Waals surface area contributed by atoms with Crippen molar-refractivity contribution in [2.45, 2.75) is 26.2 Å². The van der Waals surface area contributed by atoms with Gasteiger partial charge in [0.2, 0.25) is 0 Å². The Hall–Kier alpha value is -1.46. The van der Waals surface area contributed by atoms with Crippen LogP contribution < -0.4 is 16.4 Å². The van der Waals surface area contributed by atoms with Crippen molar-refractivity contribution in [1.82, 2.24) is 15.6 Å². The number of nitrogens with two attached hydrogens (primary N) is 1. The van der Waals surface area contributed by atoms with Gasteiger partial charge in [0.05, 0.1) is 0 Å². The number of nitrogens with zero attached hydrogens (tertiary/aromatic N) is 1. The molecule has 106 valence electrons. The molecule has 5 heteroatoms. The lowest BCUT2D eigenvalue weighted by Crippen LogP contribution is -2.34. The molecule has 0 aromatic carbocycles. The van der Waals surface area contributed by atoms with Crippen molar-refractivity contribution in [1.29, 1.82) is 0 Å². The Bertz CT molecular complexity index is 381. The van der Waals surface area contributed by atoms with Gasteiger partial charge >= 0.3 is 0 Å². The largest absolute Gasteiger partial charge is 0.349 e. The number of aromatic nitrogens is 1. The van der Waals surface area contributed by atoms with Gasteiger partial charge in [-0.3, -0.25) is 9.78 Å². The summed E-state index contributed by atoms with van der Waals surface area (Å²) in [5.41, 5.74) is 7.02. The van der Waals surface area contributed by atoms with E-state index in [0.29, 0.717) is 18.8 Å². The molecule has 1 aromatic heterocycles. The number of carbonyl (C=O) groups is 1. The molecule has 0 atom stereocenters. The number of nitrogens with one attached hydrogen (secondary N) is 2. The monoisotopic (exact) mass is 264 g/mol. The van der Waals surface area contributed by atoms with E-state index in [-0.39, 0.29) is 5.91 Å². The molecule has 1 amide bonds. The molecule has 0 saturated heterocycles. The second-order valence-corrected chi connectivity index (χ2v) is 4.45. The number of hydrogen-bond acceptors (Lipinski definition) is 4. The van der Waals surface area contributed by atoms with Crippen LogP contribution in [0.1, 0.15) is 35.8 Å². The van der Waals surface area contributed by atoms with Gasteiger partial charge in [0.15, 0.2) is 0 Å². The zero-order valence-corrected chi connectivity index (χ0v) is 11.6. The zero-order chi connectivity index (χ0) is 13.9. The summed E-state index contributed by atoms with van der Waals surface area (Å²) in [6, 6.07) is 3.84. The van der Waals surface area contributed by atoms with Crippen molar-refractivity contribution in [2.24, 2.45) is 5.73 Å². The van der Waals surface area contributed by atoms with Crippen LogP contribution in [0.4, 0.5) is 0 Å². The van der Waals surface area contributed by atoms with E-state index in [1.165, 1.54) is 5.56 Å². The molecule has 1 rings (SSSR count). The standard InChI is InChI=1S/C14H24N4O/c1-2-3-4-12-5-7-17-13(11-12)14(19)18-10-9-16-8-6-15/h5,7,11,16H,2-4,6,8-10,15H2,1H3,(H,18,19). The van der Waals surface area contributed by atoms with Crippen LogP contribution in [-0.4, -0.2) is 37.1 Å². The molecule has 4 N–H and O–H groups in total. The fourth-order valence-corrected chi connectivity index (χ4v) is 1.72. The van der Waals surface area contributed by atoms with Crippen LogP contribution in [0.3, 0.4) is 0 Å². The topological polar surface area (TPSA) is 80.0 Å². The van der Waals surface area contributed by atoms with E-state index in [1.54, 1.807) is 6.20 Å². The summed E-state index contributed by atoms with van der Waals surface area (Å²) in [4.78, 5) is 16.0. The van der Waals surface area contributed by atoms with Crippen LogP contribution in [-0.2, 0) is 6.42 Å². The number of rotatable bonds is 9. The molecule has 0 unspecified atom stereocenters. The molecule has 1 heterocycles. The number of pyridine rings is 1. The summed E-state index contributed by atoms with van der Waals surface area (Å²) in [5, 5.41) is 5.96. The Labute approximate surface area is 115 Å². The summed E-state index contributed by atoms with van der Waals surface area (Å²) < 4.78 is 0. The van der Waals surface area contributed by atoms with Gasteiger partial charge in [0.1, 0.15) is 5.69 Å². The van der Waals surface area contributed by atoms with Crippen LogP contribution in [0.5, 0.6) is 0 Å². The van der Waals surface area contributed by atoms with Gasteiger partial charge in [0, 0.05) is 32.4 Å². The first-order valence-electron chi connectivity index (χ1n) is 6.91. The quantitative estimate of drug-likeness (QED) is 0.574. The fraction of sp³-hybridized carbons (Fsp3) is 0.571. The summed E-state index contributed by atoms with van der Waals surface area (Å²) in [6.07, 6.45) is 4.98. The molecule has 0 aliphatic heterocycles. The lowest BCUT2D eigenvalue weighted by Gasteiger charge is -2.07. The lowest BCUT2D eigenvalue weighted by atomic mass is 10.1. The molecule has 19 heavy (non-hydrogen) atoms. The van der Waals surface area contributed by atoms with Crippen molar-refractivity contribution in [2.75, 3.05) is 26.2 Å². The first kappa shape index (κ1) is 15.6. The third-order valence-corrected chi connectivity index (χ3v) is 2.78. The Morgan fingerprint density at radius 2 is 2.21 bits per heavy atom. The van der Waals surface area contributed by atoms with Gasteiger partial charge in [0.25, 0.3) is 5.91 Å². The van der Waals surface area contributed by atoms with Gasteiger partial charge in [-0.2, -0.15) is 0 Å². The van der Waals surface area contributed by atoms with E-state index in [4.69, 9.17) is 5.73 Å². The molecular formula is C14H24N4O. The van der Waals surface area contributed by atoms with Crippen LogP contribution in [0.2, 0.25) is 0 Å². The Kier molecular flexibility index (Phi) is 7.77. The Morgan fingerprint density at radius 1 is 1.37 bits per heavy atom. The zero-order valence-electron chi connectivity index (χ0n) is 11.6. The van der Waals surface area contributed by atoms with E-state index in [0.717, 1.165) is 32.4 Å². The summed E-state index contributed by atoms with van der Waals surface area (Å²) in [7, 11) is 0. The van der Waals surface area contributed by atoms with Crippen molar-refractivity contribution in [3.63, 3.8) is 0 Å². The summed E-state index contributed by atoms with van der Waals surface area (Å²) in [5.74, 6) is -0.118.